The third-order valence-electron chi connectivity index (χ3n) is 3.20. The van der Waals surface area contributed by atoms with Crippen LogP contribution in [0.2, 0.25) is 0 Å². The van der Waals surface area contributed by atoms with Crippen molar-refractivity contribution in [3.8, 4) is 0 Å². The molecule has 0 N–H and O–H groups in total. The molecule has 0 aromatic heterocycles. The summed E-state index contributed by atoms with van der Waals surface area (Å²) in [6, 6.07) is 10.1. The van der Waals surface area contributed by atoms with Crippen molar-refractivity contribution in [1.82, 2.24) is 0 Å². The number of ether oxygens (including phenoxy) is 2. The van der Waals surface area contributed by atoms with Crippen LogP contribution in [0.3, 0.4) is 0 Å². The maximum Gasteiger partial charge on any atom is 0.120 e. The first-order valence-corrected chi connectivity index (χ1v) is 7.65. The van der Waals surface area contributed by atoms with Crippen molar-refractivity contribution < 1.29 is 14.3 Å². The molecule has 0 aliphatic carbocycles. The summed E-state index contributed by atoms with van der Waals surface area (Å²) in [5.74, 6) is 0.257. The van der Waals surface area contributed by atoms with Gasteiger partial charge in [0.15, 0.2) is 0 Å². The molecule has 21 heavy (non-hydrogen) atoms. The lowest BCUT2D eigenvalue weighted by Crippen LogP contribution is -2.34. The fourth-order valence-corrected chi connectivity index (χ4v) is 2.19. The van der Waals surface area contributed by atoms with Gasteiger partial charge in [-0.3, -0.25) is 0 Å². The van der Waals surface area contributed by atoms with E-state index in [1.54, 1.807) is 0 Å². The van der Waals surface area contributed by atoms with Crippen molar-refractivity contribution in [2.24, 2.45) is 5.92 Å². The molecule has 3 nitrogen and oxygen atoms in total. The maximum atomic E-state index is 10.6. The molecule has 118 valence electrons. The minimum atomic E-state index is -0.207. The van der Waals surface area contributed by atoms with Crippen molar-refractivity contribution in [2.45, 2.75) is 58.8 Å². The number of rotatable bonds is 9. The predicted molar refractivity (Wildman–Crippen MR) is 85.2 cm³/mol. The summed E-state index contributed by atoms with van der Waals surface area (Å²) in [5.41, 5.74) is 0.965. The summed E-state index contributed by atoms with van der Waals surface area (Å²) in [6.07, 6.45) is 2.28. The highest BCUT2D eigenvalue weighted by atomic mass is 16.5. The van der Waals surface area contributed by atoms with E-state index in [9.17, 15) is 4.79 Å². The second-order valence-electron chi connectivity index (χ2n) is 6.49. The molecule has 1 aromatic rings. The van der Waals surface area contributed by atoms with Gasteiger partial charge in [0.1, 0.15) is 6.29 Å². The zero-order valence-corrected chi connectivity index (χ0v) is 13.7. The smallest absolute Gasteiger partial charge is 0.120 e. The second kappa shape index (κ2) is 8.96. The maximum absolute atomic E-state index is 10.6. The van der Waals surface area contributed by atoms with Crippen LogP contribution in [0, 0.1) is 5.92 Å². The lowest BCUT2D eigenvalue weighted by molar-refractivity contribution is -0.114. The lowest BCUT2D eigenvalue weighted by Gasteiger charge is -2.31. The van der Waals surface area contributed by atoms with Gasteiger partial charge in [0.2, 0.25) is 0 Å². The fraction of sp³-hybridized carbons (Fsp3) is 0.611. The quantitative estimate of drug-likeness (QED) is 0.645. The molecule has 0 unspecified atom stereocenters. The van der Waals surface area contributed by atoms with Gasteiger partial charge in [0.25, 0.3) is 0 Å². The van der Waals surface area contributed by atoms with Gasteiger partial charge < -0.3 is 14.3 Å². The van der Waals surface area contributed by atoms with Crippen LogP contribution in [0.15, 0.2) is 30.3 Å². The van der Waals surface area contributed by atoms with Crippen LogP contribution < -0.4 is 0 Å². The zero-order valence-electron chi connectivity index (χ0n) is 13.7. The summed E-state index contributed by atoms with van der Waals surface area (Å²) < 4.78 is 11.9. The van der Waals surface area contributed by atoms with Crippen LogP contribution in [-0.2, 0) is 20.9 Å². The second-order valence-corrected chi connectivity index (χ2v) is 6.49. The summed E-state index contributed by atoms with van der Waals surface area (Å²) >= 11 is 0. The number of carbonyl (C=O) groups excluding carboxylic acids is 1. The van der Waals surface area contributed by atoms with E-state index < -0.39 is 0 Å². The number of aldehydes is 1. The molecule has 0 aliphatic heterocycles. The largest absolute Gasteiger partial charge is 0.376 e. The Labute approximate surface area is 128 Å². The minimum absolute atomic E-state index is 0.0472. The zero-order chi connectivity index (χ0) is 15.7. The Morgan fingerprint density at radius 1 is 1.19 bits per heavy atom. The van der Waals surface area contributed by atoms with Crippen LogP contribution in [-0.4, -0.2) is 24.6 Å². The summed E-state index contributed by atoms with van der Waals surface area (Å²) in [4.78, 5) is 10.6. The molecular weight excluding hydrogens is 264 g/mol. The Kier molecular flexibility index (Phi) is 7.62. The van der Waals surface area contributed by atoms with Gasteiger partial charge in [-0.2, -0.15) is 0 Å². The van der Waals surface area contributed by atoms with Gasteiger partial charge in [0, 0.05) is 12.3 Å². The molecule has 0 spiro atoms. The molecule has 0 radical (unpaired) electrons. The third kappa shape index (κ3) is 7.98. The number of benzene rings is 1. The van der Waals surface area contributed by atoms with Crippen LogP contribution in [0.1, 0.15) is 46.1 Å². The summed E-state index contributed by atoms with van der Waals surface area (Å²) in [6.45, 7) is 9.48. The SMILES string of the molecule is C[C@@H](COCc1ccccc1)[C@@H](CCC=O)OC(C)(C)C. The van der Waals surface area contributed by atoms with Crippen molar-refractivity contribution in [3.05, 3.63) is 35.9 Å². The monoisotopic (exact) mass is 292 g/mol. The van der Waals surface area contributed by atoms with E-state index in [1.165, 1.54) is 5.56 Å². The normalized spacial score (nSPS) is 14.7. The first kappa shape index (κ1) is 17.9. The van der Waals surface area contributed by atoms with Crippen molar-refractivity contribution in [1.29, 1.82) is 0 Å². The molecule has 3 heteroatoms. The van der Waals surface area contributed by atoms with Crippen LogP contribution >= 0.6 is 0 Å². The molecule has 1 aromatic carbocycles. The average molecular weight is 292 g/mol. The highest BCUT2D eigenvalue weighted by Gasteiger charge is 2.24. The molecule has 1 rings (SSSR count). The molecule has 0 aliphatic rings. The van der Waals surface area contributed by atoms with E-state index >= 15 is 0 Å². The molecule has 0 bridgehead atoms. The van der Waals surface area contributed by atoms with Gasteiger partial charge in [-0.25, -0.2) is 0 Å². The number of hydrogen-bond acceptors (Lipinski definition) is 3. The predicted octanol–water partition coefficient (Wildman–Crippen LogP) is 4.00. The van der Waals surface area contributed by atoms with E-state index in [0.29, 0.717) is 19.6 Å². The Morgan fingerprint density at radius 2 is 1.86 bits per heavy atom. The van der Waals surface area contributed by atoms with E-state index in [2.05, 4.69) is 19.1 Å². The van der Waals surface area contributed by atoms with Gasteiger partial charge in [0.05, 0.1) is 24.9 Å². The van der Waals surface area contributed by atoms with Crippen LogP contribution in [0.25, 0.3) is 0 Å². The van der Waals surface area contributed by atoms with Gasteiger partial charge in [-0.1, -0.05) is 37.3 Å². The highest BCUT2D eigenvalue weighted by molar-refractivity contribution is 5.49. The first-order chi connectivity index (χ1) is 9.92. The van der Waals surface area contributed by atoms with E-state index in [1.807, 2.05) is 39.0 Å². The molecular formula is C18H28O3. The third-order valence-corrected chi connectivity index (χ3v) is 3.20. The summed E-state index contributed by atoms with van der Waals surface area (Å²) in [7, 11) is 0. The minimum Gasteiger partial charge on any atom is -0.376 e. The van der Waals surface area contributed by atoms with Crippen molar-refractivity contribution in [2.75, 3.05) is 6.61 Å². The Morgan fingerprint density at radius 3 is 2.43 bits per heavy atom. The van der Waals surface area contributed by atoms with E-state index in [-0.39, 0.29) is 17.6 Å². The molecule has 0 saturated heterocycles. The van der Waals surface area contributed by atoms with Gasteiger partial charge >= 0.3 is 0 Å². The van der Waals surface area contributed by atoms with Gasteiger partial charge in [-0.05, 0) is 32.8 Å². The van der Waals surface area contributed by atoms with Crippen molar-refractivity contribution in [3.63, 3.8) is 0 Å². The average Bonchev–Trinajstić information content (AvgIpc) is 2.43. The molecule has 2 atom stereocenters. The van der Waals surface area contributed by atoms with Crippen LogP contribution in [0.4, 0.5) is 0 Å². The van der Waals surface area contributed by atoms with E-state index in [0.717, 1.165) is 12.7 Å². The first-order valence-electron chi connectivity index (χ1n) is 7.65. The molecule has 0 saturated carbocycles. The van der Waals surface area contributed by atoms with Crippen molar-refractivity contribution >= 4 is 6.29 Å². The number of carbonyl (C=O) groups is 1. The lowest BCUT2D eigenvalue weighted by atomic mass is 10.00. The topological polar surface area (TPSA) is 35.5 Å². The fourth-order valence-electron chi connectivity index (χ4n) is 2.19. The van der Waals surface area contributed by atoms with Crippen LogP contribution in [0.5, 0.6) is 0 Å². The van der Waals surface area contributed by atoms with Gasteiger partial charge in [-0.15, -0.1) is 0 Å². The van der Waals surface area contributed by atoms with E-state index in [4.69, 9.17) is 9.47 Å². The standard InChI is InChI=1S/C18H28O3/c1-15(13-20-14-16-9-6-5-7-10-16)17(11-8-12-19)21-18(2,3)4/h5-7,9-10,12,15,17H,8,11,13-14H2,1-4H3/t15-,17+/m0/s1. The molecule has 0 amide bonds. The summed E-state index contributed by atoms with van der Waals surface area (Å²) in [5, 5.41) is 0. The molecule has 0 heterocycles. The Balaban J connectivity index is 2.43. The number of hydrogen-bond donors (Lipinski definition) is 0. The molecule has 0 fully saturated rings. The highest BCUT2D eigenvalue weighted by Crippen LogP contribution is 2.21. The Hall–Kier alpha value is -1.19. The Bertz CT molecular complexity index is 395.